The van der Waals surface area contributed by atoms with Crippen molar-refractivity contribution in [2.24, 2.45) is 0 Å². The van der Waals surface area contributed by atoms with E-state index in [1.807, 2.05) is 6.92 Å². The Morgan fingerprint density at radius 1 is 1.15 bits per heavy atom. The Morgan fingerprint density at radius 2 is 2.00 bits per heavy atom. The number of hydrogen-bond donors (Lipinski definition) is 2. The normalized spacial score (nSPS) is 18.0. The third kappa shape index (κ3) is 4.96. The van der Waals surface area contributed by atoms with Gasteiger partial charge in [-0.3, -0.25) is 4.98 Å². The van der Waals surface area contributed by atoms with Gasteiger partial charge in [0.1, 0.15) is 17.5 Å². The highest BCUT2D eigenvalue weighted by molar-refractivity contribution is 5.90. The first-order valence-electron chi connectivity index (χ1n) is 11.2. The molecule has 0 spiro atoms. The van der Waals surface area contributed by atoms with Crippen molar-refractivity contribution in [2.45, 2.75) is 31.8 Å². The summed E-state index contributed by atoms with van der Waals surface area (Å²) in [7, 11) is 0. The van der Waals surface area contributed by atoms with Gasteiger partial charge in [-0.2, -0.15) is 0 Å². The molecule has 2 amide bonds. The van der Waals surface area contributed by atoms with E-state index < -0.39 is 11.6 Å². The van der Waals surface area contributed by atoms with Crippen LogP contribution < -0.4 is 15.5 Å². The molecule has 3 aromatic rings. The highest BCUT2D eigenvalue weighted by Gasteiger charge is 2.24. The van der Waals surface area contributed by atoms with Crippen LogP contribution in [-0.4, -0.2) is 52.8 Å². The van der Waals surface area contributed by atoms with Crippen molar-refractivity contribution in [1.82, 2.24) is 20.3 Å². The Kier molecular flexibility index (Phi) is 6.06. The maximum atomic E-state index is 15.2. The van der Waals surface area contributed by atoms with Gasteiger partial charge in [0.05, 0.1) is 36.7 Å². The number of amides is 2. The highest BCUT2D eigenvalue weighted by Crippen LogP contribution is 2.30. The van der Waals surface area contributed by atoms with Crippen LogP contribution in [0, 0.1) is 11.6 Å². The summed E-state index contributed by atoms with van der Waals surface area (Å²) in [5.41, 5.74) is 1.38. The van der Waals surface area contributed by atoms with E-state index in [9.17, 15) is 9.18 Å². The molecule has 1 aromatic carbocycles. The standard InChI is InChI=1S/C24H24F2N6O2/c1-14-13-34-7-6-32(14)22-10-21(15-8-16(25)12-27-11-15)30-23(31-22)19-5-4-18(9-20(19)26)29-24(33)28-17-2-3-17/h4-5,8-12,14,17H,2-3,6-7,13H2,1H3,(H2,28,29,33). The predicted octanol–water partition coefficient (Wildman–Crippen LogP) is 3.99. The molecule has 2 fully saturated rings. The van der Waals surface area contributed by atoms with E-state index in [1.54, 1.807) is 12.1 Å². The van der Waals surface area contributed by atoms with E-state index in [2.05, 4.69) is 30.5 Å². The lowest BCUT2D eigenvalue weighted by Crippen LogP contribution is -2.44. The first-order valence-corrected chi connectivity index (χ1v) is 11.2. The molecule has 1 aliphatic carbocycles. The van der Waals surface area contributed by atoms with Crippen LogP contribution in [-0.2, 0) is 4.74 Å². The molecule has 2 aromatic heterocycles. The van der Waals surface area contributed by atoms with Gasteiger partial charge in [-0.1, -0.05) is 0 Å². The molecule has 34 heavy (non-hydrogen) atoms. The van der Waals surface area contributed by atoms with Crippen molar-refractivity contribution in [3.8, 4) is 22.6 Å². The number of carbonyl (C=O) groups is 1. The number of nitrogens with zero attached hydrogens (tertiary/aromatic N) is 4. The lowest BCUT2D eigenvalue weighted by Gasteiger charge is -2.34. The lowest BCUT2D eigenvalue weighted by atomic mass is 10.1. The zero-order valence-electron chi connectivity index (χ0n) is 18.6. The number of anilines is 2. The molecule has 2 N–H and O–H groups in total. The summed E-state index contributed by atoms with van der Waals surface area (Å²) in [6.45, 7) is 3.70. The number of halogens is 2. The molecule has 2 aliphatic rings. The first kappa shape index (κ1) is 22.1. The second kappa shape index (κ2) is 9.30. The number of carbonyl (C=O) groups excluding carboxylic acids is 1. The van der Waals surface area contributed by atoms with Gasteiger partial charge in [-0.15, -0.1) is 0 Å². The molecule has 0 bridgehead atoms. The van der Waals surface area contributed by atoms with Crippen LogP contribution in [0.2, 0.25) is 0 Å². The molecule has 3 heterocycles. The molecule has 0 radical (unpaired) electrons. The summed E-state index contributed by atoms with van der Waals surface area (Å²) >= 11 is 0. The van der Waals surface area contributed by atoms with E-state index in [0.29, 0.717) is 42.5 Å². The van der Waals surface area contributed by atoms with E-state index in [0.717, 1.165) is 19.0 Å². The van der Waals surface area contributed by atoms with Crippen LogP contribution >= 0.6 is 0 Å². The zero-order valence-corrected chi connectivity index (χ0v) is 18.6. The number of rotatable bonds is 5. The van der Waals surface area contributed by atoms with Gasteiger partial charge in [0.15, 0.2) is 5.82 Å². The maximum Gasteiger partial charge on any atom is 0.319 e. The van der Waals surface area contributed by atoms with Gasteiger partial charge in [0, 0.05) is 36.1 Å². The topological polar surface area (TPSA) is 92.3 Å². The summed E-state index contributed by atoms with van der Waals surface area (Å²) in [4.78, 5) is 27.1. The molecule has 5 rings (SSSR count). The fourth-order valence-electron chi connectivity index (χ4n) is 3.82. The van der Waals surface area contributed by atoms with Gasteiger partial charge < -0.3 is 20.3 Å². The molecular formula is C24H24F2N6O2. The molecule has 10 heteroatoms. The summed E-state index contributed by atoms with van der Waals surface area (Å²) in [5.74, 6) is -0.336. The van der Waals surface area contributed by atoms with Gasteiger partial charge in [-0.05, 0) is 44.0 Å². The monoisotopic (exact) mass is 466 g/mol. The number of urea groups is 1. The highest BCUT2D eigenvalue weighted by atomic mass is 19.1. The first-order chi connectivity index (χ1) is 16.5. The molecule has 8 nitrogen and oxygen atoms in total. The number of aromatic nitrogens is 3. The van der Waals surface area contributed by atoms with Crippen LogP contribution in [0.1, 0.15) is 19.8 Å². The predicted molar refractivity (Wildman–Crippen MR) is 123 cm³/mol. The van der Waals surface area contributed by atoms with Crippen LogP contribution in [0.15, 0.2) is 42.7 Å². The Morgan fingerprint density at radius 3 is 2.74 bits per heavy atom. The molecule has 1 atom stereocenters. The van der Waals surface area contributed by atoms with Crippen molar-refractivity contribution in [3.05, 3.63) is 54.4 Å². The molecule has 1 saturated carbocycles. The fourth-order valence-corrected chi connectivity index (χ4v) is 3.82. The van der Waals surface area contributed by atoms with E-state index in [-0.39, 0.29) is 29.5 Å². The van der Waals surface area contributed by atoms with Crippen molar-refractivity contribution in [1.29, 1.82) is 0 Å². The summed E-state index contributed by atoms with van der Waals surface area (Å²) in [6.07, 6.45) is 4.53. The minimum Gasteiger partial charge on any atom is -0.377 e. The summed E-state index contributed by atoms with van der Waals surface area (Å²) < 4.78 is 34.5. The van der Waals surface area contributed by atoms with Crippen LogP contribution in [0.3, 0.4) is 0 Å². The average Bonchev–Trinajstić information content (AvgIpc) is 3.63. The zero-order chi connectivity index (χ0) is 23.7. The Balaban J connectivity index is 1.51. The number of pyridine rings is 1. The summed E-state index contributed by atoms with van der Waals surface area (Å²) in [6, 6.07) is 7.31. The summed E-state index contributed by atoms with van der Waals surface area (Å²) in [5, 5.41) is 5.44. The van der Waals surface area contributed by atoms with Crippen molar-refractivity contribution < 1.29 is 18.3 Å². The Bertz CT molecular complexity index is 1220. The number of ether oxygens (including phenoxy) is 1. The van der Waals surface area contributed by atoms with Crippen molar-refractivity contribution >= 4 is 17.5 Å². The molecule has 1 unspecified atom stereocenters. The maximum absolute atomic E-state index is 15.2. The second-order valence-corrected chi connectivity index (χ2v) is 8.51. The van der Waals surface area contributed by atoms with E-state index >= 15 is 4.39 Å². The smallest absolute Gasteiger partial charge is 0.319 e. The third-order valence-electron chi connectivity index (χ3n) is 5.76. The van der Waals surface area contributed by atoms with Crippen LogP contribution in [0.4, 0.5) is 25.1 Å². The second-order valence-electron chi connectivity index (χ2n) is 8.51. The van der Waals surface area contributed by atoms with E-state index in [1.165, 1.54) is 24.4 Å². The Labute approximate surface area is 195 Å². The number of benzene rings is 1. The minimum atomic E-state index is -0.584. The molecule has 1 aliphatic heterocycles. The average molecular weight is 466 g/mol. The third-order valence-corrected chi connectivity index (χ3v) is 5.76. The molecular weight excluding hydrogens is 442 g/mol. The van der Waals surface area contributed by atoms with Gasteiger partial charge in [0.2, 0.25) is 0 Å². The van der Waals surface area contributed by atoms with Gasteiger partial charge in [-0.25, -0.2) is 23.5 Å². The van der Waals surface area contributed by atoms with Crippen molar-refractivity contribution in [3.63, 3.8) is 0 Å². The SMILES string of the molecule is CC1COCCN1c1cc(-c2cncc(F)c2)nc(-c2ccc(NC(=O)NC3CC3)cc2F)n1. The van der Waals surface area contributed by atoms with Gasteiger partial charge in [0.25, 0.3) is 0 Å². The van der Waals surface area contributed by atoms with Gasteiger partial charge >= 0.3 is 6.03 Å². The fraction of sp³-hybridized carbons (Fsp3) is 0.333. The quantitative estimate of drug-likeness (QED) is 0.591. The molecule has 176 valence electrons. The van der Waals surface area contributed by atoms with E-state index in [4.69, 9.17) is 4.74 Å². The van der Waals surface area contributed by atoms with Crippen LogP contribution in [0.25, 0.3) is 22.6 Å². The number of hydrogen-bond acceptors (Lipinski definition) is 6. The number of nitrogens with one attached hydrogen (secondary N) is 2. The largest absolute Gasteiger partial charge is 0.377 e. The Hall–Kier alpha value is -3.66. The minimum absolute atomic E-state index is 0.0522. The van der Waals surface area contributed by atoms with Crippen molar-refractivity contribution in [2.75, 3.05) is 30.0 Å². The van der Waals surface area contributed by atoms with Crippen LogP contribution in [0.5, 0.6) is 0 Å². The lowest BCUT2D eigenvalue weighted by molar-refractivity contribution is 0.0985. The number of morpholine rings is 1. The molecule has 1 saturated heterocycles.